The van der Waals surface area contributed by atoms with Gasteiger partial charge in [-0.1, -0.05) is 18.2 Å². The fourth-order valence-corrected chi connectivity index (χ4v) is 1.32. The van der Waals surface area contributed by atoms with E-state index in [0.717, 1.165) is 17.7 Å². The third-order valence-electron chi connectivity index (χ3n) is 2.19. The minimum absolute atomic E-state index is 0.0379. The number of benzene rings is 1. The minimum Gasteiger partial charge on any atom is -0.396 e. The largest absolute Gasteiger partial charge is 0.416 e. The molecule has 0 spiro atoms. The van der Waals surface area contributed by atoms with E-state index < -0.39 is 11.7 Å². The van der Waals surface area contributed by atoms with Crippen LogP contribution in [-0.4, -0.2) is 11.7 Å². The number of aliphatic hydroxyl groups excluding tert-OH is 1. The van der Waals surface area contributed by atoms with Crippen molar-refractivity contribution in [2.45, 2.75) is 19.5 Å². The number of hydrogen-bond donors (Lipinski definition) is 1. The lowest BCUT2D eigenvalue weighted by atomic mass is 10.0. The summed E-state index contributed by atoms with van der Waals surface area (Å²) in [6, 6.07) is 3.62. The topological polar surface area (TPSA) is 20.2 Å². The summed E-state index contributed by atoms with van der Waals surface area (Å²) in [5.74, 6) is 0. The van der Waals surface area contributed by atoms with Crippen molar-refractivity contribution in [1.82, 2.24) is 0 Å². The standard InChI is InChI=1S/C12H13F3O/c1-9-8-11(12(13,14)15)6-5-10(9)4-2-3-7-16/h2,4-6,8,16H,3,7H2,1H3. The van der Waals surface area contributed by atoms with Gasteiger partial charge in [0.15, 0.2) is 0 Å². The molecular weight excluding hydrogens is 217 g/mol. The first-order valence-electron chi connectivity index (χ1n) is 4.90. The van der Waals surface area contributed by atoms with Crippen molar-refractivity contribution in [3.8, 4) is 0 Å². The molecule has 1 aromatic carbocycles. The molecule has 1 nitrogen and oxygen atoms in total. The van der Waals surface area contributed by atoms with E-state index in [1.165, 1.54) is 6.07 Å². The van der Waals surface area contributed by atoms with E-state index in [2.05, 4.69) is 0 Å². The van der Waals surface area contributed by atoms with Crippen LogP contribution in [-0.2, 0) is 6.18 Å². The predicted molar refractivity (Wildman–Crippen MR) is 56.9 cm³/mol. The molecule has 0 aromatic heterocycles. The Morgan fingerprint density at radius 2 is 2.00 bits per heavy atom. The first-order valence-corrected chi connectivity index (χ1v) is 4.90. The fourth-order valence-electron chi connectivity index (χ4n) is 1.32. The molecule has 1 aromatic rings. The quantitative estimate of drug-likeness (QED) is 0.843. The number of alkyl halides is 3. The van der Waals surface area contributed by atoms with Crippen molar-refractivity contribution in [2.24, 2.45) is 0 Å². The van der Waals surface area contributed by atoms with Gasteiger partial charge >= 0.3 is 6.18 Å². The van der Waals surface area contributed by atoms with E-state index in [1.54, 1.807) is 19.1 Å². The first-order chi connectivity index (χ1) is 7.45. The highest BCUT2D eigenvalue weighted by molar-refractivity contribution is 5.54. The van der Waals surface area contributed by atoms with Gasteiger partial charge in [0.2, 0.25) is 0 Å². The maximum atomic E-state index is 12.4. The second-order valence-electron chi connectivity index (χ2n) is 3.48. The number of hydrogen-bond acceptors (Lipinski definition) is 1. The van der Waals surface area contributed by atoms with Crippen LogP contribution in [0.2, 0.25) is 0 Å². The van der Waals surface area contributed by atoms with E-state index in [4.69, 9.17) is 5.11 Å². The second-order valence-corrected chi connectivity index (χ2v) is 3.48. The van der Waals surface area contributed by atoms with Gasteiger partial charge in [-0.3, -0.25) is 0 Å². The number of halogens is 3. The van der Waals surface area contributed by atoms with Crippen LogP contribution in [0.3, 0.4) is 0 Å². The maximum Gasteiger partial charge on any atom is 0.416 e. The normalized spacial score (nSPS) is 12.3. The van der Waals surface area contributed by atoms with E-state index >= 15 is 0 Å². The predicted octanol–water partition coefficient (Wildman–Crippen LogP) is 3.41. The number of rotatable bonds is 3. The summed E-state index contributed by atoms with van der Waals surface area (Å²) in [5, 5.41) is 8.56. The molecule has 0 bridgehead atoms. The van der Waals surface area contributed by atoms with Crippen LogP contribution in [0.1, 0.15) is 23.1 Å². The van der Waals surface area contributed by atoms with Gasteiger partial charge in [-0.25, -0.2) is 0 Å². The summed E-state index contributed by atoms with van der Waals surface area (Å²) in [7, 11) is 0. The summed E-state index contributed by atoms with van der Waals surface area (Å²) in [5.41, 5.74) is 0.676. The zero-order chi connectivity index (χ0) is 12.2. The van der Waals surface area contributed by atoms with Crippen molar-refractivity contribution in [3.05, 3.63) is 41.0 Å². The molecule has 0 aliphatic rings. The van der Waals surface area contributed by atoms with Crippen LogP contribution in [0.15, 0.2) is 24.3 Å². The smallest absolute Gasteiger partial charge is 0.396 e. The Kier molecular flexibility index (Phi) is 4.12. The van der Waals surface area contributed by atoms with Gasteiger partial charge in [-0.2, -0.15) is 13.2 Å². The molecule has 1 rings (SSSR count). The highest BCUT2D eigenvalue weighted by Gasteiger charge is 2.30. The van der Waals surface area contributed by atoms with Crippen LogP contribution in [0.4, 0.5) is 13.2 Å². The Bertz CT molecular complexity index is 380. The number of aliphatic hydroxyl groups is 1. The van der Waals surface area contributed by atoms with Crippen LogP contribution in [0.5, 0.6) is 0 Å². The second kappa shape index (κ2) is 5.16. The zero-order valence-corrected chi connectivity index (χ0v) is 8.88. The van der Waals surface area contributed by atoms with E-state index in [1.807, 2.05) is 0 Å². The lowest BCUT2D eigenvalue weighted by Crippen LogP contribution is -2.05. The van der Waals surface area contributed by atoms with Crippen LogP contribution >= 0.6 is 0 Å². The molecule has 0 aliphatic heterocycles. The van der Waals surface area contributed by atoms with Gasteiger partial charge < -0.3 is 5.11 Å². The molecule has 0 atom stereocenters. The minimum atomic E-state index is -4.29. The van der Waals surface area contributed by atoms with Crippen LogP contribution in [0.25, 0.3) is 6.08 Å². The Morgan fingerprint density at radius 3 is 2.50 bits per heavy atom. The first kappa shape index (κ1) is 12.8. The maximum absolute atomic E-state index is 12.4. The third-order valence-corrected chi connectivity index (χ3v) is 2.19. The average molecular weight is 230 g/mol. The summed E-state index contributed by atoms with van der Waals surface area (Å²) < 4.78 is 37.1. The zero-order valence-electron chi connectivity index (χ0n) is 8.88. The molecule has 0 fully saturated rings. The molecule has 0 saturated heterocycles. The molecular formula is C12H13F3O. The highest BCUT2D eigenvalue weighted by Crippen LogP contribution is 2.30. The lowest BCUT2D eigenvalue weighted by molar-refractivity contribution is -0.137. The molecule has 0 amide bonds. The Labute approximate surface area is 92.2 Å². The third kappa shape index (κ3) is 3.38. The van der Waals surface area contributed by atoms with Gasteiger partial charge in [0, 0.05) is 6.61 Å². The Morgan fingerprint density at radius 1 is 1.31 bits per heavy atom. The van der Waals surface area contributed by atoms with Crippen LogP contribution in [0, 0.1) is 6.92 Å². The van der Waals surface area contributed by atoms with Gasteiger partial charge in [-0.15, -0.1) is 0 Å². The summed E-state index contributed by atoms with van der Waals surface area (Å²) >= 11 is 0. The van der Waals surface area contributed by atoms with E-state index in [0.29, 0.717) is 12.0 Å². The van der Waals surface area contributed by atoms with Crippen molar-refractivity contribution < 1.29 is 18.3 Å². The molecule has 1 N–H and O–H groups in total. The molecule has 88 valence electrons. The van der Waals surface area contributed by atoms with E-state index in [9.17, 15) is 13.2 Å². The fraction of sp³-hybridized carbons (Fsp3) is 0.333. The van der Waals surface area contributed by atoms with Crippen molar-refractivity contribution in [3.63, 3.8) is 0 Å². The van der Waals surface area contributed by atoms with Crippen molar-refractivity contribution >= 4 is 6.08 Å². The molecule has 0 unspecified atom stereocenters. The summed E-state index contributed by atoms with van der Waals surface area (Å²) in [4.78, 5) is 0. The highest BCUT2D eigenvalue weighted by atomic mass is 19.4. The van der Waals surface area contributed by atoms with Crippen molar-refractivity contribution in [2.75, 3.05) is 6.61 Å². The van der Waals surface area contributed by atoms with Gasteiger partial charge in [0.25, 0.3) is 0 Å². The Balaban J connectivity index is 2.92. The van der Waals surface area contributed by atoms with E-state index in [-0.39, 0.29) is 6.61 Å². The van der Waals surface area contributed by atoms with Crippen LogP contribution < -0.4 is 0 Å². The molecule has 4 heteroatoms. The molecule has 0 aliphatic carbocycles. The molecule has 16 heavy (non-hydrogen) atoms. The average Bonchev–Trinajstić information content (AvgIpc) is 2.19. The van der Waals surface area contributed by atoms with Crippen molar-refractivity contribution in [1.29, 1.82) is 0 Å². The number of aryl methyl sites for hydroxylation is 1. The monoisotopic (exact) mass is 230 g/mol. The van der Waals surface area contributed by atoms with Gasteiger partial charge in [0.1, 0.15) is 0 Å². The SMILES string of the molecule is Cc1cc(C(F)(F)F)ccc1C=CCCO. The van der Waals surface area contributed by atoms with Gasteiger partial charge in [-0.05, 0) is 36.6 Å². The Hall–Kier alpha value is -1.29. The lowest BCUT2D eigenvalue weighted by Gasteiger charge is -2.08. The molecule has 0 heterocycles. The van der Waals surface area contributed by atoms with Gasteiger partial charge in [0.05, 0.1) is 5.56 Å². The molecule has 0 saturated carbocycles. The summed E-state index contributed by atoms with van der Waals surface area (Å²) in [6.45, 7) is 1.67. The summed E-state index contributed by atoms with van der Waals surface area (Å²) in [6.07, 6.45) is -0.347. The molecule has 0 radical (unpaired) electrons.